The van der Waals surface area contributed by atoms with Crippen LogP contribution in [0.4, 0.5) is 0 Å². The summed E-state index contributed by atoms with van der Waals surface area (Å²) in [6, 6.07) is 12.1. The lowest BCUT2D eigenvalue weighted by atomic mass is 10.0. The largest absolute Gasteiger partial charge is 0.497 e. The second kappa shape index (κ2) is 9.56. The Balaban J connectivity index is 1.35. The summed E-state index contributed by atoms with van der Waals surface area (Å²) in [6.45, 7) is 2.94. The first-order valence-electron chi connectivity index (χ1n) is 11.0. The normalized spacial score (nSPS) is 20.1. The van der Waals surface area contributed by atoms with E-state index in [0.717, 1.165) is 56.6 Å². The van der Waals surface area contributed by atoms with Gasteiger partial charge in [0.25, 0.3) is 0 Å². The Morgan fingerprint density at radius 2 is 1.84 bits per heavy atom. The molecule has 7 nitrogen and oxygen atoms in total. The predicted molar refractivity (Wildman–Crippen MR) is 117 cm³/mol. The van der Waals surface area contributed by atoms with Gasteiger partial charge in [-0.2, -0.15) is 0 Å². The molecule has 2 aliphatic heterocycles. The zero-order valence-electron chi connectivity index (χ0n) is 18.3. The van der Waals surface area contributed by atoms with Crippen LogP contribution >= 0.6 is 0 Å². The molecule has 0 N–H and O–H groups in total. The number of nitrogens with zero attached hydrogens (tertiary/aromatic N) is 3. The van der Waals surface area contributed by atoms with E-state index in [-0.39, 0.29) is 24.0 Å². The minimum atomic E-state index is -0.305. The van der Waals surface area contributed by atoms with Crippen molar-refractivity contribution >= 4 is 11.9 Å². The molecule has 0 radical (unpaired) electrons. The van der Waals surface area contributed by atoms with E-state index in [2.05, 4.69) is 11.0 Å². The molecule has 4 rings (SSSR count). The predicted octanol–water partition coefficient (Wildman–Crippen LogP) is 3.28. The highest BCUT2D eigenvalue weighted by Crippen LogP contribution is 2.34. The van der Waals surface area contributed by atoms with Crippen molar-refractivity contribution in [1.82, 2.24) is 14.4 Å². The SMILES string of the molecule is COC(=O)c1cccn1C1CCN(CC(=O)N2CCCC2c2cccc(OC)c2)CC1. The summed E-state index contributed by atoms with van der Waals surface area (Å²) in [5.41, 5.74) is 1.74. The van der Waals surface area contributed by atoms with Crippen molar-refractivity contribution in [3.05, 3.63) is 53.9 Å². The monoisotopic (exact) mass is 425 g/mol. The quantitative estimate of drug-likeness (QED) is 0.665. The number of carbonyl (C=O) groups excluding carboxylic acids is 2. The highest BCUT2D eigenvalue weighted by molar-refractivity contribution is 5.87. The Labute approximate surface area is 183 Å². The molecule has 31 heavy (non-hydrogen) atoms. The summed E-state index contributed by atoms with van der Waals surface area (Å²) in [7, 11) is 3.08. The smallest absolute Gasteiger partial charge is 0.354 e. The average molecular weight is 426 g/mol. The van der Waals surface area contributed by atoms with Crippen molar-refractivity contribution in [2.24, 2.45) is 0 Å². The van der Waals surface area contributed by atoms with Crippen LogP contribution in [0, 0.1) is 0 Å². The number of carbonyl (C=O) groups is 2. The van der Waals surface area contributed by atoms with Crippen molar-refractivity contribution in [3.63, 3.8) is 0 Å². The number of methoxy groups -OCH3 is 2. The fourth-order valence-electron chi connectivity index (χ4n) is 4.89. The van der Waals surface area contributed by atoms with E-state index in [1.54, 1.807) is 13.2 Å². The molecule has 2 aliphatic rings. The molecule has 7 heteroatoms. The Morgan fingerprint density at radius 3 is 2.58 bits per heavy atom. The van der Waals surface area contributed by atoms with Gasteiger partial charge in [0.2, 0.25) is 5.91 Å². The number of likely N-dealkylation sites (tertiary alicyclic amines) is 2. The van der Waals surface area contributed by atoms with Gasteiger partial charge in [0, 0.05) is 31.9 Å². The van der Waals surface area contributed by atoms with Crippen molar-refractivity contribution in [1.29, 1.82) is 0 Å². The van der Waals surface area contributed by atoms with Crippen LogP contribution in [-0.4, -0.2) is 66.6 Å². The van der Waals surface area contributed by atoms with E-state index in [1.807, 2.05) is 39.9 Å². The Kier molecular flexibility index (Phi) is 6.61. The molecule has 0 saturated carbocycles. The van der Waals surface area contributed by atoms with Gasteiger partial charge < -0.3 is 18.9 Å². The fraction of sp³-hybridized carbons (Fsp3) is 0.500. The highest BCUT2D eigenvalue weighted by atomic mass is 16.5. The summed E-state index contributed by atoms with van der Waals surface area (Å²) >= 11 is 0. The van der Waals surface area contributed by atoms with Gasteiger partial charge in [-0.05, 0) is 55.5 Å². The first-order chi connectivity index (χ1) is 15.1. The number of aromatic nitrogens is 1. The number of amides is 1. The van der Waals surface area contributed by atoms with Crippen LogP contribution in [0.15, 0.2) is 42.6 Å². The van der Waals surface area contributed by atoms with Gasteiger partial charge in [-0.25, -0.2) is 4.79 Å². The summed E-state index contributed by atoms with van der Waals surface area (Å²) in [5.74, 6) is 0.718. The number of esters is 1. The van der Waals surface area contributed by atoms with Crippen LogP contribution in [-0.2, 0) is 9.53 Å². The third-order valence-corrected chi connectivity index (χ3v) is 6.53. The zero-order chi connectivity index (χ0) is 21.8. The molecule has 0 aliphatic carbocycles. The van der Waals surface area contributed by atoms with Gasteiger partial charge >= 0.3 is 5.97 Å². The lowest BCUT2D eigenvalue weighted by molar-refractivity contribution is -0.133. The van der Waals surface area contributed by atoms with Crippen LogP contribution in [0.25, 0.3) is 0 Å². The average Bonchev–Trinajstić information content (AvgIpc) is 3.49. The standard InChI is InChI=1S/C24H31N3O4/c1-30-20-7-3-6-18(16-20)21-8-4-13-27(21)23(28)17-25-14-10-19(11-15-25)26-12-5-9-22(26)24(29)31-2/h3,5-7,9,12,16,19,21H,4,8,10-11,13-15,17H2,1-2H3. The second-order valence-electron chi connectivity index (χ2n) is 8.32. The Morgan fingerprint density at radius 1 is 1.03 bits per heavy atom. The third kappa shape index (κ3) is 4.61. The van der Waals surface area contributed by atoms with Crippen molar-refractivity contribution < 1.29 is 19.1 Å². The molecule has 2 fully saturated rings. The number of rotatable bonds is 6. The summed E-state index contributed by atoms with van der Waals surface area (Å²) in [5, 5.41) is 0. The minimum Gasteiger partial charge on any atom is -0.497 e. The highest BCUT2D eigenvalue weighted by Gasteiger charge is 2.32. The van der Waals surface area contributed by atoms with Gasteiger partial charge in [-0.1, -0.05) is 12.1 Å². The minimum absolute atomic E-state index is 0.127. The molecule has 3 heterocycles. The fourth-order valence-corrected chi connectivity index (χ4v) is 4.89. The van der Waals surface area contributed by atoms with E-state index in [0.29, 0.717) is 12.2 Å². The third-order valence-electron chi connectivity index (χ3n) is 6.53. The van der Waals surface area contributed by atoms with Crippen molar-refractivity contribution in [2.45, 2.75) is 37.8 Å². The topological polar surface area (TPSA) is 64.0 Å². The van der Waals surface area contributed by atoms with Crippen molar-refractivity contribution in [2.75, 3.05) is 40.4 Å². The van der Waals surface area contributed by atoms with Gasteiger partial charge in [0.1, 0.15) is 11.4 Å². The van der Waals surface area contributed by atoms with Crippen LogP contribution in [0.5, 0.6) is 5.75 Å². The molecular formula is C24H31N3O4. The number of ether oxygens (including phenoxy) is 2. The van der Waals surface area contributed by atoms with E-state index < -0.39 is 0 Å². The van der Waals surface area contributed by atoms with Crippen LogP contribution < -0.4 is 4.74 Å². The van der Waals surface area contributed by atoms with Gasteiger partial charge in [0.15, 0.2) is 0 Å². The molecule has 1 aromatic carbocycles. The van der Waals surface area contributed by atoms with Gasteiger partial charge in [0.05, 0.1) is 26.8 Å². The summed E-state index contributed by atoms with van der Waals surface area (Å²) in [4.78, 5) is 29.4. The lowest BCUT2D eigenvalue weighted by Crippen LogP contribution is -2.43. The molecule has 1 unspecified atom stereocenters. The zero-order valence-corrected chi connectivity index (χ0v) is 18.3. The Bertz CT molecular complexity index is 917. The summed E-state index contributed by atoms with van der Waals surface area (Å²) < 4.78 is 12.3. The van der Waals surface area contributed by atoms with E-state index >= 15 is 0 Å². The number of piperidine rings is 1. The molecule has 2 saturated heterocycles. The molecule has 1 atom stereocenters. The van der Waals surface area contributed by atoms with Crippen molar-refractivity contribution in [3.8, 4) is 5.75 Å². The maximum Gasteiger partial charge on any atom is 0.354 e. The van der Waals surface area contributed by atoms with E-state index in [9.17, 15) is 9.59 Å². The molecule has 1 aromatic heterocycles. The molecule has 1 amide bonds. The number of benzene rings is 1. The summed E-state index contributed by atoms with van der Waals surface area (Å²) in [6.07, 6.45) is 5.78. The Hall–Kier alpha value is -2.80. The van der Waals surface area contributed by atoms with E-state index in [1.165, 1.54) is 7.11 Å². The first kappa shape index (κ1) is 21.4. The molecule has 0 bridgehead atoms. The lowest BCUT2D eigenvalue weighted by Gasteiger charge is -2.34. The van der Waals surface area contributed by atoms with Gasteiger partial charge in [-0.3, -0.25) is 9.69 Å². The maximum absolute atomic E-state index is 13.1. The molecule has 0 spiro atoms. The van der Waals surface area contributed by atoms with Crippen LogP contribution in [0.1, 0.15) is 53.8 Å². The van der Waals surface area contributed by atoms with Crippen LogP contribution in [0.3, 0.4) is 0 Å². The van der Waals surface area contributed by atoms with Gasteiger partial charge in [-0.15, -0.1) is 0 Å². The molecule has 166 valence electrons. The first-order valence-corrected chi connectivity index (χ1v) is 11.0. The molecule has 2 aromatic rings. The van der Waals surface area contributed by atoms with E-state index in [4.69, 9.17) is 9.47 Å². The second-order valence-corrected chi connectivity index (χ2v) is 8.32. The number of hydrogen-bond donors (Lipinski definition) is 0. The molecular weight excluding hydrogens is 394 g/mol. The maximum atomic E-state index is 13.1. The number of hydrogen-bond acceptors (Lipinski definition) is 5. The van der Waals surface area contributed by atoms with Crippen LogP contribution in [0.2, 0.25) is 0 Å².